The summed E-state index contributed by atoms with van der Waals surface area (Å²) < 4.78 is 2.51. The number of nitrogens with zero attached hydrogens (tertiary/aromatic N) is 2. The number of carboxylic acids is 1. The molecule has 1 amide bonds. The van der Waals surface area contributed by atoms with Crippen molar-refractivity contribution >= 4 is 33.5 Å². The SMILES string of the molecule is Cc1nc2ccc(Br)cn2c1C(=O)NCCC(=O)O. The summed E-state index contributed by atoms with van der Waals surface area (Å²) >= 11 is 3.34. The van der Waals surface area contributed by atoms with Gasteiger partial charge in [-0.05, 0) is 35.0 Å². The highest BCUT2D eigenvalue weighted by molar-refractivity contribution is 9.10. The Morgan fingerprint density at radius 1 is 1.47 bits per heavy atom. The normalized spacial score (nSPS) is 10.6. The van der Waals surface area contributed by atoms with Crippen LogP contribution in [-0.2, 0) is 4.79 Å². The highest BCUT2D eigenvalue weighted by atomic mass is 79.9. The van der Waals surface area contributed by atoms with Crippen LogP contribution in [0.4, 0.5) is 0 Å². The molecule has 0 atom stereocenters. The molecule has 0 saturated heterocycles. The highest BCUT2D eigenvalue weighted by Crippen LogP contribution is 2.16. The zero-order chi connectivity index (χ0) is 14.0. The zero-order valence-corrected chi connectivity index (χ0v) is 11.8. The number of imidazole rings is 1. The number of amides is 1. The molecule has 2 aromatic rings. The fraction of sp³-hybridized carbons (Fsp3) is 0.250. The number of rotatable bonds is 4. The highest BCUT2D eigenvalue weighted by Gasteiger charge is 2.16. The van der Waals surface area contributed by atoms with Gasteiger partial charge in [0.1, 0.15) is 11.3 Å². The van der Waals surface area contributed by atoms with Crippen molar-refractivity contribution < 1.29 is 14.7 Å². The molecular weight excluding hydrogens is 314 g/mol. The third-order valence-corrected chi connectivity index (χ3v) is 3.07. The quantitative estimate of drug-likeness (QED) is 0.894. The van der Waals surface area contributed by atoms with E-state index in [-0.39, 0.29) is 18.9 Å². The minimum absolute atomic E-state index is 0.0921. The predicted octanol–water partition coefficient (Wildman–Crippen LogP) is 1.61. The monoisotopic (exact) mass is 325 g/mol. The summed E-state index contributed by atoms with van der Waals surface area (Å²) in [6.45, 7) is 1.84. The van der Waals surface area contributed by atoms with E-state index in [0.717, 1.165) is 4.47 Å². The summed E-state index contributed by atoms with van der Waals surface area (Å²) in [5, 5.41) is 11.1. The fourth-order valence-corrected chi connectivity index (χ4v) is 2.11. The molecule has 0 radical (unpaired) electrons. The number of aryl methyl sites for hydroxylation is 1. The van der Waals surface area contributed by atoms with Crippen LogP contribution in [0.2, 0.25) is 0 Å². The van der Waals surface area contributed by atoms with Gasteiger partial charge in [0.2, 0.25) is 0 Å². The Hall–Kier alpha value is -1.89. The Kier molecular flexibility index (Phi) is 3.84. The Morgan fingerprint density at radius 2 is 2.21 bits per heavy atom. The standard InChI is InChI=1S/C12H12BrN3O3/c1-7-11(12(19)14-5-4-10(17)18)16-6-8(13)2-3-9(16)15-7/h2-3,6H,4-5H2,1H3,(H,14,19)(H,17,18). The number of fused-ring (bicyclic) bond motifs is 1. The topological polar surface area (TPSA) is 83.7 Å². The third-order valence-electron chi connectivity index (χ3n) is 2.60. The number of carboxylic acid groups (broad SMARTS) is 1. The van der Waals surface area contributed by atoms with Crippen LogP contribution in [0.15, 0.2) is 22.8 Å². The van der Waals surface area contributed by atoms with Gasteiger partial charge < -0.3 is 10.4 Å². The van der Waals surface area contributed by atoms with Crippen molar-refractivity contribution in [1.29, 1.82) is 0 Å². The van der Waals surface area contributed by atoms with E-state index in [1.54, 1.807) is 23.6 Å². The van der Waals surface area contributed by atoms with Crippen LogP contribution < -0.4 is 5.32 Å². The Bertz CT molecular complexity index is 651. The first-order valence-electron chi connectivity index (χ1n) is 5.63. The van der Waals surface area contributed by atoms with E-state index in [1.807, 2.05) is 6.07 Å². The van der Waals surface area contributed by atoms with Crippen molar-refractivity contribution in [2.24, 2.45) is 0 Å². The van der Waals surface area contributed by atoms with E-state index < -0.39 is 5.97 Å². The van der Waals surface area contributed by atoms with Gasteiger partial charge in [0.25, 0.3) is 5.91 Å². The predicted molar refractivity (Wildman–Crippen MR) is 72.2 cm³/mol. The Balaban J connectivity index is 2.28. The maximum absolute atomic E-state index is 12.1. The number of hydrogen-bond acceptors (Lipinski definition) is 3. The summed E-state index contributed by atoms with van der Waals surface area (Å²) in [6, 6.07) is 3.64. The molecule has 0 aromatic carbocycles. The lowest BCUT2D eigenvalue weighted by Gasteiger charge is -2.04. The van der Waals surface area contributed by atoms with Crippen LogP contribution in [0, 0.1) is 6.92 Å². The minimum atomic E-state index is -0.946. The summed E-state index contributed by atoms with van der Waals surface area (Å²) in [6.07, 6.45) is 1.65. The lowest BCUT2D eigenvalue weighted by atomic mass is 10.3. The van der Waals surface area contributed by atoms with E-state index in [4.69, 9.17) is 5.11 Å². The summed E-state index contributed by atoms with van der Waals surface area (Å²) in [5.41, 5.74) is 1.69. The van der Waals surface area contributed by atoms with E-state index in [2.05, 4.69) is 26.2 Å². The molecule has 0 fully saturated rings. The molecule has 0 bridgehead atoms. The second kappa shape index (κ2) is 5.40. The van der Waals surface area contributed by atoms with Gasteiger partial charge in [0.05, 0.1) is 12.1 Å². The van der Waals surface area contributed by atoms with Crippen molar-refractivity contribution in [3.8, 4) is 0 Å². The summed E-state index contributed by atoms with van der Waals surface area (Å²) in [5.74, 6) is -1.28. The molecule has 7 heteroatoms. The molecule has 100 valence electrons. The van der Waals surface area contributed by atoms with Crippen LogP contribution >= 0.6 is 15.9 Å². The van der Waals surface area contributed by atoms with Crippen LogP contribution in [0.3, 0.4) is 0 Å². The smallest absolute Gasteiger partial charge is 0.305 e. The van der Waals surface area contributed by atoms with Crippen LogP contribution in [0.5, 0.6) is 0 Å². The molecule has 2 N–H and O–H groups in total. The number of pyridine rings is 1. The first-order chi connectivity index (χ1) is 8.99. The van der Waals surface area contributed by atoms with Gasteiger partial charge in [-0.2, -0.15) is 0 Å². The third kappa shape index (κ3) is 2.93. The molecule has 0 saturated carbocycles. The van der Waals surface area contributed by atoms with E-state index in [9.17, 15) is 9.59 Å². The molecule has 2 rings (SSSR count). The molecule has 0 aliphatic heterocycles. The lowest BCUT2D eigenvalue weighted by Crippen LogP contribution is -2.27. The second-order valence-electron chi connectivity index (χ2n) is 4.02. The van der Waals surface area contributed by atoms with Gasteiger partial charge in [-0.25, -0.2) is 4.98 Å². The summed E-state index contributed by atoms with van der Waals surface area (Å²) in [7, 11) is 0. The number of nitrogens with one attached hydrogen (secondary N) is 1. The number of halogens is 1. The van der Waals surface area contributed by atoms with Crippen molar-refractivity contribution in [2.45, 2.75) is 13.3 Å². The van der Waals surface area contributed by atoms with Crippen molar-refractivity contribution in [3.63, 3.8) is 0 Å². The number of carbonyl (C=O) groups is 2. The van der Waals surface area contributed by atoms with E-state index >= 15 is 0 Å². The van der Waals surface area contributed by atoms with Gasteiger partial charge in [-0.15, -0.1) is 0 Å². The average Bonchev–Trinajstić information content (AvgIpc) is 2.63. The van der Waals surface area contributed by atoms with Gasteiger partial charge in [0.15, 0.2) is 0 Å². The average molecular weight is 326 g/mol. The maximum Gasteiger partial charge on any atom is 0.305 e. The van der Waals surface area contributed by atoms with Crippen LogP contribution in [0.25, 0.3) is 5.65 Å². The van der Waals surface area contributed by atoms with Gasteiger partial charge >= 0.3 is 5.97 Å². The van der Waals surface area contributed by atoms with Crippen LogP contribution in [0.1, 0.15) is 22.6 Å². The van der Waals surface area contributed by atoms with Gasteiger partial charge in [-0.1, -0.05) is 0 Å². The maximum atomic E-state index is 12.1. The molecule has 6 nitrogen and oxygen atoms in total. The number of carbonyl (C=O) groups excluding carboxylic acids is 1. The fourth-order valence-electron chi connectivity index (χ4n) is 1.78. The molecule has 2 aromatic heterocycles. The Morgan fingerprint density at radius 3 is 2.89 bits per heavy atom. The zero-order valence-electron chi connectivity index (χ0n) is 10.2. The molecular formula is C12H12BrN3O3. The molecule has 0 unspecified atom stereocenters. The largest absolute Gasteiger partial charge is 0.481 e. The van der Waals surface area contributed by atoms with Gasteiger partial charge in [-0.3, -0.25) is 14.0 Å². The van der Waals surface area contributed by atoms with E-state index in [0.29, 0.717) is 17.0 Å². The first-order valence-corrected chi connectivity index (χ1v) is 6.42. The van der Waals surface area contributed by atoms with Crippen molar-refractivity contribution in [1.82, 2.24) is 14.7 Å². The number of hydrogen-bond donors (Lipinski definition) is 2. The number of aromatic nitrogens is 2. The van der Waals surface area contributed by atoms with E-state index in [1.165, 1.54) is 0 Å². The lowest BCUT2D eigenvalue weighted by molar-refractivity contribution is -0.136. The van der Waals surface area contributed by atoms with Crippen molar-refractivity contribution in [3.05, 3.63) is 34.2 Å². The minimum Gasteiger partial charge on any atom is -0.481 e. The second-order valence-corrected chi connectivity index (χ2v) is 4.94. The molecule has 2 heterocycles. The molecule has 0 spiro atoms. The number of aliphatic carboxylic acids is 1. The van der Waals surface area contributed by atoms with Gasteiger partial charge in [0, 0.05) is 17.2 Å². The molecule has 0 aliphatic carbocycles. The summed E-state index contributed by atoms with van der Waals surface area (Å²) in [4.78, 5) is 26.8. The van der Waals surface area contributed by atoms with Crippen LogP contribution in [-0.4, -0.2) is 32.9 Å². The first kappa shape index (κ1) is 13.5. The van der Waals surface area contributed by atoms with Crippen molar-refractivity contribution in [2.75, 3.05) is 6.54 Å². The molecule has 19 heavy (non-hydrogen) atoms. The Labute approximate surface area is 117 Å². The molecule has 0 aliphatic rings.